The lowest BCUT2D eigenvalue weighted by molar-refractivity contribution is -0.372. The molecular weight excluding hydrogens is 286 g/mol. The fourth-order valence-electron chi connectivity index (χ4n) is 1.36. The fraction of sp³-hybridized carbons (Fsp3) is 0.800. The van der Waals surface area contributed by atoms with Crippen LogP contribution in [0.2, 0.25) is 0 Å². The number of carbonyl (C=O) groups is 1. The Hall–Kier alpha value is -0.990. The van der Waals surface area contributed by atoms with Crippen molar-refractivity contribution in [1.29, 1.82) is 0 Å². The first-order chi connectivity index (χ1) is 10.1. The van der Waals surface area contributed by atoms with Crippen molar-refractivity contribution in [3.05, 3.63) is 12.2 Å². The Morgan fingerprint density at radius 3 is 1.86 bits per heavy atom. The number of hydrogen-bond acceptors (Lipinski definition) is 6. The van der Waals surface area contributed by atoms with E-state index < -0.39 is 5.97 Å². The summed E-state index contributed by atoms with van der Waals surface area (Å²) in [5.74, 6) is -1.48. The van der Waals surface area contributed by atoms with Crippen molar-refractivity contribution < 1.29 is 19.0 Å². The van der Waals surface area contributed by atoms with E-state index in [1.165, 1.54) is 0 Å². The van der Waals surface area contributed by atoms with Crippen molar-refractivity contribution in [1.82, 2.24) is 5.32 Å². The summed E-state index contributed by atoms with van der Waals surface area (Å²) in [7, 11) is 0. The predicted octanol–water partition coefficient (Wildman–Crippen LogP) is 0.485. The first-order valence-electron chi connectivity index (χ1n) is 7.45. The van der Waals surface area contributed by atoms with E-state index >= 15 is 0 Å². The summed E-state index contributed by atoms with van der Waals surface area (Å²) >= 11 is 0. The van der Waals surface area contributed by atoms with E-state index in [9.17, 15) is 4.79 Å². The van der Waals surface area contributed by atoms with Crippen LogP contribution in [0.1, 0.15) is 34.6 Å². The number of hydrogen-bond donors (Lipinski definition) is 3. The minimum Gasteiger partial charge on any atom is -0.348 e. The van der Waals surface area contributed by atoms with E-state index in [4.69, 9.17) is 25.7 Å². The summed E-state index contributed by atoms with van der Waals surface area (Å²) in [5.41, 5.74) is 11.8. The molecule has 0 fully saturated rings. The van der Waals surface area contributed by atoms with Gasteiger partial charge in [0.25, 0.3) is 5.97 Å². The molecule has 0 radical (unpaired) electrons. The Balaban J connectivity index is 4.48. The average Bonchev–Trinajstić information content (AvgIpc) is 2.41. The third kappa shape index (κ3) is 9.86. The maximum atomic E-state index is 11.5. The highest BCUT2D eigenvalue weighted by Gasteiger charge is 2.29. The molecule has 5 N–H and O–H groups in total. The topological polar surface area (TPSA) is 109 Å². The highest BCUT2D eigenvalue weighted by Crippen LogP contribution is 2.16. The number of ether oxygens (including phenoxy) is 3. The van der Waals surface area contributed by atoms with Crippen LogP contribution < -0.4 is 16.8 Å². The highest BCUT2D eigenvalue weighted by atomic mass is 16.9. The van der Waals surface area contributed by atoms with Gasteiger partial charge in [0.05, 0.1) is 19.8 Å². The smallest absolute Gasteiger partial charge is 0.280 e. The first kappa shape index (κ1) is 21.0. The molecule has 130 valence electrons. The minimum absolute atomic E-state index is 0.151. The van der Waals surface area contributed by atoms with Gasteiger partial charge in [0.1, 0.15) is 0 Å². The number of amides is 1. The molecule has 0 rings (SSSR count). The summed E-state index contributed by atoms with van der Waals surface area (Å²) in [5, 5.41) is 2.76. The Labute approximate surface area is 133 Å². The van der Waals surface area contributed by atoms with Gasteiger partial charge in [-0.25, -0.2) is 0 Å². The second kappa shape index (κ2) is 9.91. The van der Waals surface area contributed by atoms with Gasteiger partial charge in [0.15, 0.2) is 0 Å². The lowest BCUT2D eigenvalue weighted by atomic mass is 10.3. The van der Waals surface area contributed by atoms with Crippen molar-refractivity contribution in [3.8, 4) is 0 Å². The molecule has 3 unspecified atom stereocenters. The van der Waals surface area contributed by atoms with Crippen molar-refractivity contribution in [2.75, 3.05) is 19.8 Å². The summed E-state index contributed by atoms with van der Waals surface area (Å²) in [6, 6.07) is -0.522. The van der Waals surface area contributed by atoms with Gasteiger partial charge in [0.2, 0.25) is 5.91 Å². The van der Waals surface area contributed by atoms with E-state index in [-0.39, 0.29) is 43.9 Å². The Kier molecular flexibility index (Phi) is 9.47. The standard InChI is InChI=1S/C15H31N3O4/c1-10(2)14(19)18-13(5)9-22-15(6,20-7-11(3)16)21-8-12(4)17/h11-13H,1,7-9,16-17H2,2-6H3,(H,18,19). The third-order valence-corrected chi connectivity index (χ3v) is 2.58. The zero-order chi connectivity index (χ0) is 17.3. The van der Waals surface area contributed by atoms with Gasteiger partial charge < -0.3 is 31.0 Å². The fourth-order valence-corrected chi connectivity index (χ4v) is 1.36. The number of nitrogens with one attached hydrogen (secondary N) is 1. The van der Waals surface area contributed by atoms with E-state index in [0.717, 1.165) is 0 Å². The van der Waals surface area contributed by atoms with Crippen LogP contribution in [-0.4, -0.2) is 49.8 Å². The lowest BCUT2D eigenvalue weighted by Gasteiger charge is -2.32. The molecule has 7 nitrogen and oxygen atoms in total. The minimum atomic E-state index is -1.26. The first-order valence-corrected chi connectivity index (χ1v) is 7.45. The maximum Gasteiger partial charge on any atom is 0.280 e. The monoisotopic (exact) mass is 317 g/mol. The second-order valence-electron chi connectivity index (χ2n) is 5.90. The van der Waals surface area contributed by atoms with Crippen LogP contribution in [0, 0.1) is 0 Å². The average molecular weight is 317 g/mol. The molecule has 0 saturated carbocycles. The zero-order valence-electron chi connectivity index (χ0n) is 14.3. The third-order valence-electron chi connectivity index (χ3n) is 2.58. The molecular formula is C15H31N3O4. The molecule has 0 bridgehead atoms. The summed E-state index contributed by atoms with van der Waals surface area (Å²) in [4.78, 5) is 11.5. The van der Waals surface area contributed by atoms with Gasteiger partial charge in [-0.1, -0.05) is 6.58 Å². The normalized spacial score (nSPS) is 18.1. The van der Waals surface area contributed by atoms with Gasteiger partial charge in [0, 0.05) is 30.6 Å². The largest absolute Gasteiger partial charge is 0.348 e. The van der Waals surface area contributed by atoms with Crippen molar-refractivity contribution in [3.63, 3.8) is 0 Å². The summed E-state index contributed by atoms with van der Waals surface area (Å²) < 4.78 is 16.9. The highest BCUT2D eigenvalue weighted by molar-refractivity contribution is 5.92. The maximum absolute atomic E-state index is 11.5. The van der Waals surface area contributed by atoms with Crippen LogP contribution >= 0.6 is 0 Å². The molecule has 22 heavy (non-hydrogen) atoms. The molecule has 0 saturated heterocycles. The van der Waals surface area contributed by atoms with Crippen LogP contribution in [0.5, 0.6) is 0 Å². The molecule has 0 heterocycles. The van der Waals surface area contributed by atoms with E-state index in [0.29, 0.717) is 5.57 Å². The summed E-state index contributed by atoms with van der Waals surface area (Å²) in [6.07, 6.45) is 0. The predicted molar refractivity (Wildman–Crippen MR) is 86.0 cm³/mol. The number of carbonyl (C=O) groups excluding carboxylic acids is 1. The van der Waals surface area contributed by atoms with Crippen LogP contribution in [0.4, 0.5) is 0 Å². The lowest BCUT2D eigenvalue weighted by Crippen LogP contribution is -2.45. The van der Waals surface area contributed by atoms with Gasteiger partial charge in [-0.3, -0.25) is 4.79 Å². The Morgan fingerprint density at radius 1 is 1.09 bits per heavy atom. The van der Waals surface area contributed by atoms with Gasteiger partial charge >= 0.3 is 0 Å². The van der Waals surface area contributed by atoms with Crippen molar-refractivity contribution in [2.24, 2.45) is 11.5 Å². The van der Waals surface area contributed by atoms with Gasteiger partial charge in [-0.05, 0) is 27.7 Å². The quantitative estimate of drug-likeness (QED) is 0.378. The molecule has 3 atom stereocenters. The molecule has 0 aromatic rings. The molecule has 7 heteroatoms. The molecule has 1 amide bonds. The zero-order valence-corrected chi connectivity index (χ0v) is 14.3. The van der Waals surface area contributed by atoms with Crippen molar-refractivity contribution >= 4 is 5.91 Å². The Bertz CT molecular complexity index is 347. The van der Waals surface area contributed by atoms with E-state index in [2.05, 4.69) is 11.9 Å². The van der Waals surface area contributed by atoms with Gasteiger partial charge in [-0.15, -0.1) is 0 Å². The van der Waals surface area contributed by atoms with Crippen LogP contribution in [-0.2, 0) is 19.0 Å². The molecule has 0 aliphatic carbocycles. The van der Waals surface area contributed by atoms with Crippen LogP contribution in [0.15, 0.2) is 12.2 Å². The van der Waals surface area contributed by atoms with E-state index in [1.54, 1.807) is 13.8 Å². The van der Waals surface area contributed by atoms with E-state index in [1.807, 2.05) is 20.8 Å². The molecule has 0 aliphatic rings. The van der Waals surface area contributed by atoms with Gasteiger partial charge in [-0.2, -0.15) is 0 Å². The number of rotatable bonds is 11. The van der Waals surface area contributed by atoms with Crippen LogP contribution in [0.3, 0.4) is 0 Å². The molecule has 0 aliphatic heterocycles. The molecule has 0 aromatic heterocycles. The molecule has 0 aromatic carbocycles. The SMILES string of the molecule is C=C(C)C(=O)NC(C)COC(C)(OCC(C)N)OCC(C)N. The Morgan fingerprint density at radius 2 is 1.50 bits per heavy atom. The van der Waals surface area contributed by atoms with Crippen LogP contribution in [0.25, 0.3) is 0 Å². The molecule has 0 spiro atoms. The van der Waals surface area contributed by atoms with Crippen molar-refractivity contribution in [2.45, 2.75) is 58.7 Å². The second-order valence-corrected chi connectivity index (χ2v) is 5.90. The number of nitrogens with two attached hydrogens (primary N) is 2. The summed E-state index contributed by atoms with van der Waals surface area (Å²) in [6.45, 7) is 13.1.